The first-order chi connectivity index (χ1) is 10.4. The molecule has 0 fully saturated rings. The fourth-order valence-corrected chi connectivity index (χ4v) is 3.70. The highest BCUT2D eigenvalue weighted by Gasteiger charge is 2.18. The van der Waals surface area contributed by atoms with Crippen LogP contribution in [0.3, 0.4) is 0 Å². The molecule has 0 spiro atoms. The maximum absolute atomic E-state index is 12.5. The Balaban J connectivity index is 2.15. The maximum Gasteiger partial charge on any atom is 0.387 e. The largest absolute Gasteiger partial charge is 0.434 e. The molecular weight excluding hydrogens is 304 g/mol. The molecule has 1 N–H and O–H groups in total. The Morgan fingerprint density at radius 3 is 2.27 bits per heavy atom. The van der Waals surface area contributed by atoms with Gasteiger partial charge < -0.3 is 10.1 Å². The number of halogens is 2. The van der Waals surface area contributed by atoms with Gasteiger partial charge in [-0.2, -0.15) is 8.78 Å². The van der Waals surface area contributed by atoms with E-state index in [0.717, 1.165) is 5.56 Å². The van der Waals surface area contributed by atoms with Crippen LogP contribution < -0.4 is 10.1 Å². The third-order valence-electron chi connectivity index (χ3n) is 3.65. The minimum absolute atomic E-state index is 0.0930. The number of ether oxygens (including phenoxy) is 1. The quantitative estimate of drug-likeness (QED) is 0.770. The summed E-state index contributed by atoms with van der Waals surface area (Å²) in [5, 5.41) is 3.46. The van der Waals surface area contributed by atoms with Gasteiger partial charge in [0.05, 0.1) is 0 Å². The van der Waals surface area contributed by atoms with Crippen LogP contribution >= 0.6 is 11.3 Å². The van der Waals surface area contributed by atoms with Gasteiger partial charge in [-0.3, -0.25) is 0 Å². The first-order valence-electron chi connectivity index (χ1n) is 7.25. The number of para-hydroxylation sites is 1. The second kappa shape index (κ2) is 7.20. The fraction of sp³-hybridized carbons (Fsp3) is 0.412. The molecule has 2 unspecified atom stereocenters. The highest BCUT2D eigenvalue weighted by Crippen LogP contribution is 2.31. The molecule has 120 valence electrons. The van der Waals surface area contributed by atoms with E-state index in [1.807, 2.05) is 19.1 Å². The average molecular weight is 325 g/mol. The summed E-state index contributed by atoms with van der Waals surface area (Å²) < 4.78 is 29.6. The highest BCUT2D eigenvalue weighted by molar-refractivity contribution is 7.12. The third-order valence-corrected chi connectivity index (χ3v) is 4.63. The first-order valence-corrected chi connectivity index (χ1v) is 8.07. The normalized spacial score (nSPS) is 14.1. The number of alkyl halides is 2. The maximum atomic E-state index is 12.5. The van der Waals surface area contributed by atoms with Gasteiger partial charge in [-0.05, 0) is 45.4 Å². The van der Waals surface area contributed by atoms with Gasteiger partial charge in [-0.25, -0.2) is 0 Å². The molecule has 0 aliphatic heterocycles. The molecule has 0 bridgehead atoms. The molecule has 0 saturated heterocycles. The summed E-state index contributed by atoms with van der Waals surface area (Å²) >= 11 is 1.77. The lowest BCUT2D eigenvalue weighted by atomic mass is 10.0. The average Bonchev–Trinajstić information content (AvgIpc) is 2.77. The molecule has 22 heavy (non-hydrogen) atoms. The molecule has 0 aliphatic rings. The van der Waals surface area contributed by atoms with Gasteiger partial charge in [0.1, 0.15) is 5.75 Å². The predicted molar refractivity (Wildman–Crippen MR) is 86.8 cm³/mol. The minimum atomic E-state index is -2.81. The van der Waals surface area contributed by atoms with Gasteiger partial charge in [-0.1, -0.05) is 18.2 Å². The van der Waals surface area contributed by atoms with Crippen LogP contribution in [0.2, 0.25) is 0 Å². The van der Waals surface area contributed by atoms with Crippen LogP contribution in [0.4, 0.5) is 8.78 Å². The van der Waals surface area contributed by atoms with Crippen LogP contribution in [0, 0.1) is 13.8 Å². The van der Waals surface area contributed by atoms with E-state index in [2.05, 4.69) is 36.9 Å². The van der Waals surface area contributed by atoms with E-state index in [0.29, 0.717) is 0 Å². The number of nitrogens with one attached hydrogen (secondary N) is 1. The fourth-order valence-electron chi connectivity index (χ4n) is 2.68. The lowest BCUT2D eigenvalue weighted by molar-refractivity contribution is -0.0506. The molecule has 0 amide bonds. The molecule has 2 nitrogen and oxygen atoms in total. The zero-order valence-corrected chi connectivity index (χ0v) is 14.0. The Bertz CT molecular complexity index is 627. The number of rotatable bonds is 6. The molecule has 1 aromatic carbocycles. The molecular formula is C17H21F2NOS. The van der Waals surface area contributed by atoms with Crippen LogP contribution in [-0.2, 0) is 0 Å². The summed E-state index contributed by atoms with van der Waals surface area (Å²) in [6.45, 7) is 5.42. The minimum Gasteiger partial charge on any atom is -0.434 e. The number of benzene rings is 1. The first kappa shape index (κ1) is 16.9. The highest BCUT2D eigenvalue weighted by atomic mass is 32.1. The van der Waals surface area contributed by atoms with Crippen LogP contribution in [0.15, 0.2) is 30.3 Å². The van der Waals surface area contributed by atoms with E-state index in [9.17, 15) is 8.78 Å². The summed E-state index contributed by atoms with van der Waals surface area (Å²) in [5.74, 6) is 0.225. The number of hydrogen-bond acceptors (Lipinski definition) is 3. The van der Waals surface area contributed by atoms with Crippen molar-refractivity contribution >= 4 is 11.3 Å². The molecule has 2 atom stereocenters. The van der Waals surface area contributed by atoms with Crippen molar-refractivity contribution in [3.05, 3.63) is 51.2 Å². The molecule has 0 aliphatic carbocycles. The van der Waals surface area contributed by atoms with Crippen molar-refractivity contribution in [3.63, 3.8) is 0 Å². The molecule has 1 heterocycles. The van der Waals surface area contributed by atoms with Gasteiger partial charge in [0.15, 0.2) is 0 Å². The van der Waals surface area contributed by atoms with Crippen molar-refractivity contribution in [2.75, 3.05) is 0 Å². The van der Waals surface area contributed by atoms with Crippen LogP contribution in [0.25, 0.3) is 0 Å². The van der Waals surface area contributed by atoms with Crippen LogP contribution in [-0.4, -0.2) is 6.61 Å². The third kappa shape index (κ3) is 4.05. The van der Waals surface area contributed by atoms with Crippen LogP contribution in [0.1, 0.15) is 46.8 Å². The van der Waals surface area contributed by atoms with Gasteiger partial charge in [0.2, 0.25) is 0 Å². The Morgan fingerprint density at radius 2 is 1.68 bits per heavy atom. The molecule has 1 aromatic heterocycles. The molecule has 5 heteroatoms. The summed E-state index contributed by atoms with van der Waals surface area (Å²) in [7, 11) is 0. The SMILES string of the molecule is Cc1cc(C(C)NC(C)c2ccccc2OC(F)F)c(C)s1. The van der Waals surface area contributed by atoms with Crippen molar-refractivity contribution in [2.24, 2.45) is 0 Å². The van der Waals surface area contributed by atoms with E-state index in [1.165, 1.54) is 15.3 Å². The zero-order valence-electron chi connectivity index (χ0n) is 13.2. The van der Waals surface area contributed by atoms with Crippen molar-refractivity contribution in [2.45, 2.75) is 46.4 Å². The van der Waals surface area contributed by atoms with Gasteiger partial charge in [0, 0.05) is 27.4 Å². The van der Waals surface area contributed by atoms with Gasteiger partial charge >= 0.3 is 6.61 Å². The Morgan fingerprint density at radius 1 is 1.05 bits per heavy atom. The van der Waals surface area contributed by atoms with Gasteiger partial charge in [0.25, 0.3) is 0 Å². The topological polar surface area (TPSA) is 21.3 Å². The Hall–Kier alpha value is -1.46. The summed E-state index contributed by atoms with van der Waals surface area (Å²) in [6, 6.07) is 9.13. The zero-order chi connectivity index (χ0) is 16.3. The van der Waals surface area contributed by atoms with Crippen molar-refractivity contribution in [1.82, 2.24) is 5.32 Å². The monoisotopic (exact) mass is 325 g/mol. The smallest absolute Gasteiger partial charge is 0.387 e. The van der Waals surface area contributed by atoms with E-state index >= 15 is 0 Å². The van der Waals surface area contributed by atoms with Crippen LogP contribution in [0.5, 0.6) is 5.75 Å². The molecule has 0 saturated carbocycles. The number of thiophene rings is 1. The van der Waals surface area contributed by atoms with E-state index in [1.54, 1.807) is 23.5 Å². The van der Waals surface area contributed by atoms with E-state index in [4.69, 9.17) is 0 Å². The summed E-state index contributed by atoms with van der Waals surface area (Å²) in [4.78, 5) is 2.55. The second-order valence-electron chi connectivity index (χ2n) is 5.39. The lowest BCUT2D eigenvalue weighted by Crippen LogP contribution is -2.23. The number of aryl methyl sites for hydroxylation is 2. The molecule has 0 radical (unpaired) electrons. The van der Waals surface area contributed by atoms with Gasteiger partial charge in [-0.15, -0.1) is 11.3 Å². The Kier molecular flexibility index (Phi) is 5.53. The van der Waals surface area contributed by atoms with Crippen molar-refractivity contribution < 1.29 is 13.5 Å². The summed E-state index contributed by atoms with van der Waals surface area (Å²) in [6.07, 6.45) is 0. The lowest BCUT2D eigenvalue weighted by Gasteiger charge is -2.22. The summed E-state index contributed by atoms with van der Waals surface area (Å²) in [5.41, 5.74) is 1.99. The van der Waals surface area contributed by atoms with E-state index < -0.39 is 6.61 Å². The van der Waals surface area contributed by atoms with E-state index in [-0.39, 0.29) is 17.8 Å². The van der Waals surface area contributed by atoms with Crippen molar-refractivity contribution in [3.8, 4) is 5.75 Å². The molecule has 2 aromatic rings. The second-order valence-corrected chi connectivity index (χ2v) is 6.86. The predicted octanol–water partition coefficient (Wildman–Crippen LogP) is 5.38. The standard InChI is InChI=1S/C17H21F2NOS/c1-10-9-15(13(4)22-10)12(3)20-11(2)14-7-5-6-8-16(14)21-17(18)19/h5-9,11-12,17,20H,1-4H3. The Labute approximate surface area is 134 Å². The molecule has 2 rings (SSSR count). The number of hydrogen-bond donors (Lipinski definition) is 1. The van der Waals surface area contributed by atoms with Crippen molar-refractivity contribution in [1.29, 1.82) is 0 Å².